The third-order valence-electron chi connectivity index (χ3n) is 6.52. The van der Waals surface area contributed by atoms with Crippen LogP contribution in [0.2, 0.25) is 10.0 Å². The number of rotatable bonds is 8. The molecule has 0 saturated carbocycles. The number of thiazole rings is 1. The molecule has 4 aromatic rings. The number of benzene rings is 3. The number of carbonyl (C=O) groups is 1. The van der Waals surface area contributed by atoms with Gasteiger partial charge in [0.05, 0.1) is 35.6 Å². The molecule has 1 atom stereocenters. The maximum Gasteiger partial charge on any atom is 0.338 e. The Labute approximate surface area is 250 Å². The van der Waals surface area contributed by atoms with Gasteiger partial charge in [-0.3, -0.25) is 9.36 Å². The highest BCUT2D eigenvalue weighted by Crippen LogP contribution is 2.32. The van der Waals surface area contributed by atoms with Crippen molar-refractivity contribution >= 4 is 46.6 Å². The van der Waals surface area contributed by atoms with Crippen molar-refractivity contribution in [1.82, 2.24) is 4.57 Å². The molecule has 1 aliphatic rings. The summed E-state index contributed by atoms with van der Waals surface area (Å²) in [6.07, 6.45) is 1.78. The highest BCUT2D eigenvalue weighted by atomic mass is 35.5. The van der Waals surface area contributed by atoms with Crippen LogP contribution in [0.1, 0.15) is 36.6 Å². The lowest BCUT2D eigenvalue weighted by atomic mass is 9.96. The maximum absolute atomic E-state index is 13.8. The van der Waals surface area contributed by atoms with Crippen molar-refractivity contribution in [2.24, 2.45) is 4.99 Å². The molecule has 0 bridgehead atoms. The van der Waals surface area contributed by atoms with E-state index in [1.165, 1.54) is 11.3 Å². The van der Waals surface area contributed by atoms with Crippen molar-refractivity contribution in [2.75, 3.05) is 13.7 Å². The number of halogens is 2. The number of carbonyl (C=O) groups excluding carboxylic acids is 1. The van der Waals surface area contributed by atoms with Crippen LogP contribution in [-0.2, 0) is 16.1 Å². The second-order valence-corrected chi connectivity index (χ2v) is 11.0. The van der Waals surface area contributed by atoms with Gasteiger partial charge in [-0.15, -0.1) is 0 Å². The van der Waals surface area contributed by atoms with E-state index in [0.717, 1.165) is 16.7 Å². The Balaban J connectivity index is 1.52. The van der Waals surface area contributed by atoms with Crippen LogP contribution in [0.3, 0.4) is 0 Å². The standard InChI is InChI=1S/C31H26Cl2N2O5S/c1-4-39-30(37)27-18(2)34-31-35(28(27)20-8-6-5-7-9-20)29(36)26(41-31)15-19-10-13-24(25(14-19)38-3)40-17-21-11-12-22(32)16-23(21)33/h5-16,28H,4,17H2,1-3H3/b26-15+. The Morgan fingerprint density at radius 1 is 1.07 bits per heavy atom. The van der Waals surface area contributed by atoms with Crippen LogP contribution < -0.4 is 24.4 Å². The van der Waals surface area contributed by atoms with Crippen LogP contribution in [0.4, 0.5) is 0 Å². The first-order valence-electron chi connectivity index (χ1n) is 12.8. The first kappa shape index (κ1) is 28.7. The minimum Gasteiger partial charge on any atom is -0.493 e. The summed E-state index contributed by atoms with van der Waals surface area (Å²) in [6, 6.07) is 19.4. The van der Waals surface area contributed by atoms with Crippen molar-refractivity contribution in [3.63, 3.8) is 0 Å². The lowest BCUT2D eigenvalue weighted by molar-refractivity contribution is -0.139. The minimum absolute atomic E-state index is 0.218. The normalized spacial score (nSPS) is 14.9. The molecule has 0 fully saturated rings. The zero-order valence-electron chi connectivity index (χ0n) is 22.5. The fourth-order valence-corrected chi connectivity index (χ4v) is 6.09. The van der Waals surface area contributed by atoms with Crippen molar-refractivity contribution in [2.45, 2.75) is 26.5 Å². The molecule has 5 rings (SSSR count). The number of hydrogen-bond donors (Lipinski definition) is 0. The number of allylic oxidation sites excluding steroid dienone is 1. The molecule has 210 valence electrons. The van der Waals surface area contributed by atoms with Crippen molar-refractivity contribution in [3.8, 4) is 11.5 Å². The third kappa shape index (κ3) is 5.95. The van der Waals surface area contributed by atoms with Crippen LogP contribution in [0.25, 0.3) is 6.08 Å². The fourth-order valence-electron chi connectivity index (χ4n) is 4.58. The van der Waals surface area contributed by atoms with Gasteiger partial charge in [0.25, 0.3) is 5.56 Å². The second-order valence-electron chi connectivity index (χ2n) is 9.15. The molecule has 1 aromatic heterocycles. The van der Waals surface area contributed by atoms with E-state index in [-0.39, 0.29) is 18.8 Å². The Morgan fingerprint density at radius 2 is 1.85 bits per heavy atom. The first-order valence-corrected chi connectivity index (χ1v) is 14.4. The van der Waals surface area contributed by atoms with E-state index in [1.54, 1.807) is 55.9 Å². The SMILES string of the molecule is CCOC(=O)C1=C(C)N=c2s/c(=C/c3ccc(OCc4ccc(Cl)cc4Cl)c(OC)c3)c(=O)n2C1c1ccccc1. The molecule has 3 aromatic carbocycles. The molecule has 41 heavy (non-hydrogen) atoms. The van der Waals surface area contributed by atoms with Crippen LogP contribution in [0.15, 0.2) is 87.8 Å². The van der Waals surface area contributed by atoms with E-state index < -0.39 is 12.0 Å². The zero-order valence-corrected chi connectivity index (χ0v) is 24.8. The molecular weight excluding hydrogens is 583 g/mol. The molecule has 0 spiro atoms. The van der Waals surface area contributed by atoms with Crippen LogP contribution in [-0.4, -0.2) is 24.3 Å². The molecule has 0 amide bonds. The first-order chi connectivity index (χ1) is 19.8. The van der Waals surface area contributed by atoms with Gasteiger partial charge in [0, 0.05) is 15.6 Å². The molecule has 1 unspecified atom stereocenters. The molecular formula is C31H26Cl2N2O5S. The number of ether oxygens (including phenoxy) is 3. The summed E-state index contributed by atoms with van der Waals surface area (Å²) < 4.78 is 18.9. The topological polar surface area (TPSA) is 79.1 Å². The van der Waals surface area contributed by atoms with Crippen molar-refractivity contribution < 1.29 is 19.0 Å². The Hall–Kier alpha value is -3.85. The maximum atomic E-state index is 13.8. The van der Waals surface area contributed by atoms with Crippen molar-refractivity contribution in [1.29, 1.82) is 0 Å². The molecule has 0 saturated heterocycles. The van der Waals surface area contributed by atoms with Crippen LogP contribution >= 0.6 is 34.5 Å². The predicted molar refractivity (Wildman–Crippen MR) is 161 cm³/mol. The van der Waals surface area contributed by atoms with Gasteiger partial charge in [0.2, 0.25) is 0 Å². The summed E-state index contributed by atoms with van der Waals surface area (Å²) in [5, 5.41) is 1.06. The van der Waals surface area contributed by atoms with Gasteiger partial charge in [-0.05, 0) is 55.3 Å². The molecule has 10 heteroatoms. The van der Waals surface area contributed by atoms with Crippen molar-refractivity contribution in [3.05, 3.63) is 124 Å². The van der Waals surface area contributed by atoms with Gasteiger partial charge in [0.15, 0.2) is 16.3 Å². The number of aromatic nitrogens is 1. The van der Waals surface area contributed by atoms with Gasteiger partial charge in [-0.2, -0.15) is 0 Å². The minimum atomic E-state index is -0.654. The smallest absolute Gasteiger partial charge is 0.338 e. The van der Waals surface area contributed by atoms with Crippen LogP contribution in [0, 0.1) is 0 Å². The Bertz CT molecular complexity index is 1830. The van der Waals surface area contributed by atoms with E-state index in [0.29, 0.717) is 42.1 Å². The zero-order chi connectivity index (χ0) is 29.1. The summed E-state index contributed by atoms with van der Waals surface area (Å²) in [5.74, 6) is 0.534. The number of methoxy groups -OCH3 is 1. The highest BCUT2D eigenvalue weighted by molar-refractivity contribution is 7.07. The number of esters is 1. The van der Waals surface area contributed by atoms with Gasteiger partial charge < -0.3 is 14.2 Å². The molecule has 1 aliphatic heterocycles. The van der Waals surface area contributed by atoms with E-state index in [1.807, 2.05) is 42.5 Å². The van der Waals surface area contributed by atoms with E-state index >= 15 is 0 Å². The summed E-state index contributed by atoms with van der Waals surface area (Å²) in [6.45, 7) is 3.96. The van der Waals surface area contributed by atoms with Crippen LogP contribution in [0.5, 0.6) is 11.5 Å². The third-order valence-corrected chi connectivity index (χ3v) is 8.09. The number of hydrogen-bond acceptors (Lipinski definition) is 7. The number of nitrogens with zero attached hydrogens (tertiary/aromatic N) is 2. The van der Waals surface area contributed by atoms with Gasteiger partial charge in [-0.25, -0.2) is 9.79 Å². The van der Waals surface area contributed by atoms with Gasteiger partial charge in [-0.1, -0.05) is 77.0 Å². The summed E-state index contributed by atoms with van der Waals surface area (Å²) in [4.78, 5) is 31.9. The molecule has 0 aliphatic carbocycles. The lowest BCUT2D eigenvalue weighted by Gasteiger charge is -2.24. The number of fused-ring (bicyclic) bond motifs is 1. The fraction of sp³-hybridized carbons (Fsp3) is 0.194. The molecule has 2 heterocycles. The van der Waals surface area contributed by atoms with Gasteiger partial charge >= 0.3 is 5.97 Å². The summed E-state index contributed by atoms with van der Waals surface area (Å²) in [5.41, 5.74) is 2.93. The lowest BCUT2D eigenvalue weighted by Crippen LogP contribution is -2.39. The van der Waals surface area contributed by atoms with E-state index in [2.05, 4.69) is 4.99 Å². The molecule has 7 nitrogen and oxygen atoms in total. The van der Waals surface area contributed by atoms with E-state index in [9.17, 15) is 9.59 Å². The second kappa shape index (κ2) is 12.3. The Kier molecular flexibility index (Phi) is 8.63. The highest BCUT2D eigenvalue weighted by Gasteiger charge is 2.33. The summed E-state index contributed by atoms with van der Waals surface area (Å²) in [7, 11) is 1.55. The van der Waals surface area contributed by atoms with E-state index in [4.69, 9.17) is 37.4 Å². The van der Waals surface area contributed by atoms with Gasteiger partial charge in [0.1, 0.15) is 6.61 Å². The Morgan fingerprint density at radius 3 is 2.56 bits per heavy atom. The molecule has 0 N–H and O–H groups in total. The average Bonchev–Trinajstić information content (AvgIpc) is 3.26. The summed E-state index contributed by atoms with van der Waals surface area (Å²) >= 11 is 13.5. The quantitative estimate of drug-likeness (QED) is 0.240. The monoisotopic (exact) mass is 608 g/mol. The molecule has 0 radical (unpaired) electrons. The largest absolute Gasteiger partial charge is 0.493 e. The average molecular weight is 610 g/mol. The predicted octanol–water partition coefficient (Wildman–Crippen LogP) is 5.69.